The number of benzene rings is 1. The highest BCUT2D eigenvalue weighted by Gasteiger charge is 2.13. The van der Waals surface area contributed by atoms with Gasteiger partial charge in [0.25, 0.3) is 0 Å². The molecule has 1 heterocycles. The Labute approximate surface area is 94.3 Å². The van der Waals surface area contributed by atoms with Gasteiger partial charge in [0.05, 0.1) is 5.52 Å². The highest BCUT2D eigenvalue weighted by molar-refractivity contribution is 7.79. The molecule has 0 aliphatic rings. The second-order valence-electron chi connectivity index (χ2n) is 3.94. The lowest BCUT2D eigenvalue weighted by atomic mass is 10.2. The molecule has 0 amide bonds. The summed E-state index contributed by atoms with van der Waals surface area (Å²) in [5.41, 5.74) is 1.75. The first-order valence-electron chi connectivity index (χ1n) is 5.04. The Morgan fingerprint density at radius 1 is 1.40 bits per heavy atom. The van der Waals surface area contributed by atoms with E-state index in [1.54, 1.807) is 6.07 Å². The monoisotopic (exact) mass is 223 g/mol. The zero-order valence-electron chi connectivity index (χ0n) is 8.87. The van der Waals surface area contributed by atoms with E-state index in [-0.39, 0.29) is 11.9 Å². The Bertz CT molecular complexity index is 488. The molecule has 1 aromatic carbocycles. The van der Waals surface area contributed by atoms with Crippen molar-refractivity contribution < 1.29 is 4.39 Å². The minimum atomic E-state index is -0.158. The van der Waals surface area contributed by atoms with Crippen molar-refractivity contribution in [2.45, 2.75) is 25.6 Å². The Morgan fingerprint density at radius 3 is 2.73 bits per heavy atom. The molecule has 0 N–H and O–H groups in total. The van der Waals surface area contributed by atoms with E-state index >= 15 is 0 Å². The molecule has 0 spiro atoms. The van der Waals surface area contributed by atoms with Gasteiger partial charge in [-0.15, -0.1) is 0 Å². The first kappa shape index (κ1) is 10.6. The van der Waals surface area contributed by atoms with Gasteiger partial charge in [-0.25, -0.2) is 4.39 Å². The highest BCUT2D eigenvalue weighted by Crippen LogP contribution is 2.27. The van der Waals surface area contributed by atoms with Crippen LogP contribution in [0.25, 0.3) is 10.9 Å². The highest BCUT2D eigenvalue weighted by atomic mass is 32.1. The molecule has 0 radical (unpaired) electrons. The maximum Gasteiger partial charge on any atom is 0.147 e. The van der Waals surface area contributed by atoms with Crippen molar-refractivity contribution in [2.75, 3.05) is 0 Å². The van der Waals surface area contributed by atoms with Crippen molar-refractivity contribution in [1.29, 1.82) is 0 Å². The SMILES string of the molecule is CC(C)n1c(CS)cc2cccc(F)c21. The number of halogens is 1. The van der Waals surface area contributed by atoms with Gasteiger partial charge in [0.1, 0.15) is 5.82 Å². The summed E-state index contributed by atoms with van der Waals surface area (Å²) in [5.74, 6) is 0.473. The van der Waals surface area contributed by atoms with Gasteiger partial charge in [-0.2, -0.15) is 12.6 Å². The van der Waals surface area contributed by atoms with Crippen molar-refractivity contribution >= 4 is 23.5 Å². The summed E-state index contributed by atoms with van der Waals surface area (Å²) in [5, 5.41) is 0.952. The van der Waals surface area contributed by atoms with E-state index in [9.17, 15) is 4.39 Å². The molecule has 0 unspecified atom stereocenters. The molecule has 80 valence electrons. The third-order valence-corrected chi connectivity index (χ3v) is 2.89. The molecule has 0 aliphatic heterocycles. The minimum absolute atomic E-state index is 0.158. The van der Waals surface area contributed by atoms with Crippen LogP contribution < -0.4 is 0 Å². The summed E-state index contributed by atoms with van der Waals surface area (Å²) in [7, 11) is 0. The largest absolute Gasteiger partial charge is 0.339 e. The van der Waals surface area contributed by atoms with E-state index in [2.05, 4.69) is 26.5 Å². The summed E-state index contributed by atoms with van der Waals surface area (Å²) >= 11 is 4.28. The van der Waals surface area contributed by atoms with Gasteiger partial charge in [0, 0.05) is 22.9 Å². The molecular formula is C12H14FNS. The Hall–Kier alpha value is -0.960. The number of nitrogens with zero attached hydrogens (tertiary/aromatic N) is 1. The van der Waals surface area contributed by atoms with Gasteiger partial charge >= 0.3 is 0 Å². The molecule has 1 aromatic heterocycles. The van der Waals surface area contributed by atoms with Crippen molar-refractivity contribution in [3.63, 3.8) is 0 Å². The van der Waals surface area contributed by atoms with E-state index in [1.807, 2.05) is 16.7 Å². The van der Waals surface area contributed by atoms with E-state index in [0.717, 1.165) is 11.1 Å². The fraction of sp³-hybridized carbons (Fsp3) is 0.333. The summed E-state index contributed by atoms with van der Waals surface area (Å²) in [6, 6.07) is 7.44. The third kappa shape index (κ3) is 1.65. The zero-order chi connectivity index (χ0) is 11.0. The third-order valence-electron chi connectivity index (χ3n) is 2.57. The summed E-state index contributed by atoms with van der Waals surface area (Å²) in [6.07, 6.45) is 0. The molecule has 0 saturated heterocycles. The van der Waals surface area contributed by atoms with Crippen LogP contribution >= 0.6 is 12.6 Å². The van der Waals surface area contributed by atoms with Gasteiger partial charge in [-0.1, -0.05) is 12.1 Å². The van der Waals surface area contributed by atoms with E-state index < -0.39 is 0 Å². The van der Waals surface area contributed by atoms with Crippen LogP contribution in [-0.4, -0.2) is 4.57 Å². The second-order valence-corrected chi connectivity index (χ2v) is 4.25. The minimum Gasteiger partial charge on any atom is -0.339 e. The van der Waals surface area contributed by atoms with Gasteiger partial charge < -0.3 is 4.57 Å². The fourth-order valence-corrected chi connectivity index (χ4v) is 2.25. The fourth-order valence-electron chi connectivity index (χ4n) is 2.01. The number of fused-ring (bicyclic) bond motifs is 1. The van der Waals surface area contributed by atoms with Crippen LogP contribution in [0.15, 0.2) is 24.3 Å². The molecule has 1 nitrogen and oxygen atoms in total. The smallest absolute Gasteiger partial charge is 0.147 e. The molecule has 0 atom stereocenters. The van der Waals surface area contributed by atoms with Crippen LogP contribution in [0.1, 0.15) is 25.6 Å². The standard InChI is InChI=1S/C12H14FNS/c1-8(2)14-10(7-15)6-9-4-3-5-11(13)12(9)14/h3-6,8,15H,7H2,1-2H3. The van der Waals surface area contributed by atoms with E-state index in [0.29, 0.717) is 11.3 Å². The van der Waals surface area contributed by atoms with Crippen LogP contribution in [-0.2, 0) is 5.75 Å². The number of para-hydroxylation sites is 1. The molecule has 2 aromatic rings. The first-order chi connectivity index (χ1) is 7.15. The molecular weight excluding hydrogens is 209 g/mol. The summed E-state index contributed by atoms with van der Waals surface area (Å²) in [6.45, 7) is 4.11. The van der Waals surface area contributed by atoms with Crippen LogP contribution in [0, 0.1) is 5.82 Å². The predicted octanol–water partition coefficient (Wildman–Crippen LogP) is 3.79. The average molecular weight is 223 g/mol. The Kier molecular flexibility index (Phi) is 2.74. The molecule has 0 bridgehead atoms. The zero-order valence-corrected chi connectivity index (χ0v) is 9.76. The quantitative estimate of drug-likeness (QED) is 0.739. The molecule has 0 aliphatic carbocycles. The lowest BCUT2D eigenvalue weighted by molar-refractivity contribution is 0.578. The summed E-state index contributed by atoms with van der Waals surface area (Å²) in [4.78, 5) is 0. The maximum atomic E-state index is 13.7. The molecule has 3 heteroatoms. The number of hydrogen-bond acceptors (Lipinski definition) is 1. The van der Waals surface area contributed by atoms with Crippen molar-refractivity contribution in [2.24, 2.45) is 0 Å². The Morgan fingerprint density at radius 2 is 2.13 bits per heavy atom. The van der Waals surface area contributed by atoms with Crippen molar-refractivity contribution in [3.05, 3.63) is 35.8 Å². The maximum absolute atomic E-state index is 13.7. The molecule has 15 heavy (non-hydrogen) atoms. The van der Waals surface area contributed by atoms with Crippen LogP contribution in [0.2, 0.25) is 0 Å². The second kappa shape index (κ2) is 3.89. The molecule has 0 fully saturated rings. The van der Waals surface area contributed by atoms with Gasteiger partial charge in [-0.3, -0.25) is 0 Å². The van der Waals surface area contributed by atoms with Crippen LogP contribution in [0.5, 0.6) is 0 Å². The molecule has 2 rings (SSSR count). The normalized spacial score (nSPS) is 11.5. The lowest BCUT2D eigenvalue weighted by Crippen LogP contribution is -2.04. The summed E-state index contributed by atoms with van der Waals surface area (Å²) < 4.78 is 15.7. The molecule has 0 saturated carbocycles. The lowest BCUT2D eigenvalue weighted by Gasteiger charge is -2.13. The number of thiol groups is 1. The van der Waals surface area contributed by atoms with E-state index in [4.69, 9.17) is 0 Å². The number of rotatable bonds is 2. The number of hydrogen-bond donors (Lipinski definition) is 1. The van der Waals surface area contributed by atoms with Gasteiger partial charge in [0.15, 0.2) is 0 Å². The predicted molar refractivity (Wildman–Crippen MR) is 65.0 cm³/mol. The van der Waals surface area contributed by atoms with Crippen LogP contribution in [0.3, 0.4) is 0 Å². The van der Waals surface area contributed by atoms with Crippen molar-refractivity contribution in [3.8, 4) is 0 Å². The number of aromatic nitrogens is 1. The first-order valence-corrected chi connectivity index (χ1v) is 5.67. The van der Waals surface area contributed by atoms with Gasteiger partial charge in [0.2, 0.25) is 0 Å². The topological polar surface area (TPSA) is 4.93 Å². The Balaban J connectivity index is 2.82. The van der Waals surface area contributed by atoms with E-state index in [1.165, 1.54) is 6.07 Å². The van der Waals surface area contributed by atoms with Crippen LogP contribution in [0.4, 0.5) is 4.39 Å². The average Bonchev–Trinajstić information content (AvgIpc) is 2.57. The van der Waals surface area contributed by atoms with Crippen molar-refractivity contribution in [1.82, 2.24) is 4.57 Å². The van der Waals surface area contributed by atoms with Gasteiger partial charge in [-0.05, 0) is 26.0 Å².